The number of hydrogen-bond acceptors (Lipinski definition) is 4. The molecule has 0 saturated carbocycles. The molecule has 1 heterocycles. The first-order valence-electron chi connectivity index (χ1n) is 5.35. The van der Waals surface area contributed by atoms with Gasteiger partial charge in [-0.3, -0.25) is 4.99 Å². The molecule has 0 radical (unpaired) electrons. The van der Waals surface area contributed by atoms with Crippen molar-refractivity contribution in [1.29, 1.82) is 0 Å². The molecular weight excluding hydrogens is 202 g/mol. The first kappa shape index (κ1) is 10.8. The summed E-state index contributed by atoms with van der Waals surface area (Å²) in [5, 5.41) is 12.6. The zero-order chi connectivity index (χ0) is 11.8. The Bertz CT molecular complexity index is 438. The Morgan fingerprint density at radius 1 is 1.44 bits per heavy atom. The Labute approximate surface area is 95.2 Å². The number of phenolic OH excluding ortho intramolecular Hbond substituents is 1. The molecule has 0 spiro atoms. The lowest BCUT2D eigenvalue weighted by Crippen LogP contribution is -2.41. The Morgan fingerprint density at radius 3 is 2.75 bits per heavy atom. The molecule has 0 fully saturated rings. The number of aliphatic imine (C=N–C) groups is 1. The number of aromatic hydroxyl groups is 1. The van der Waals surface area contributed by atoms with E-state index in [0.717, 1.165) is 24.5 Å². The normalized spacial score (nSPS) is 18.8. The minimum absolute atomic E-state index is 0.112. The Hall–Kier alpha value is -1.71. The van der Waals surface area contributed by atoms with Crippen LogP contribution < -0.4 is 11.1 Å². The maximum atomic E-state index is 9.34. The molecule has 86 valence electrons. The van der Waals surface area contributed by atoms with Crippen molar-refractivity contribution < 1.29 is 5.11 Å². The fourth-order valence-electron chi connectivity index (χ4n) is 1.62. The van der Waals surface area contributed by atoms with Crippen molar-refractivity contribution in [2.24, 2.45) is 10.4 Å². The molecule has 0 unspecified atom stereocenters. The van der Waals surface area contributed by atoms with Crippen LogP contribution in [0.2, 0.25) is 0 Å². The van der Waals surface area contributed by atoms with Crippen LogP contribution in [-0.2, 0) is 0 Å². The molecule has 0 bridgehead atoms. The molecule has 1 aliphatic rings. The number of hydrogen-bond donors (Lipinski definition) is 3. The molecule has 0 saturated heterocycles. The number of nitrogen functional groups attached to an aromatic ring is 1. The van der Waals surface area contributed by atoms with Crippen LogP contribution in [0.15, 0.2) is 23.2 Å². The summed E-state index contributed by atoms with van der Waals surface area (Å²) in [6.07, 6.45) is 0. The Morgan fingerprint density at radius 2 is 2.19 bits per heavy atom. The predicted octanol–water partition coefficient (Wildman–Crippen LogP) is 1.35. The van der Waals surface area contributed by atoms with Gasteiger partial charge in [-0.25, -0.2) is 0 Å². The van der Waals surface area contributed by atoms with Gasteiger partial charge < -0.3 is 16.2 Å². The van der Waals surface area contributed by atoms with Crippen molar-refractivity contribution in [2.75, 3.05) is 18.8 Å². The highest BCUT2D eigenvalue weighted by molar-refractivity contribution is 6.00. The summed E-state index contributed by atoms with van der Waals surface area (Å²) in [6.45, 7) is 6.04. The molecule has 2 rings (SSSR count). The molecule has 1 aromatic carbocycles. The zero-order valence-electron chi connectivity index (χ0n) is 9.62. The van der Waals surface area contributed by atoms with Gasteiger partial charge in [0, 0.05) is 24.1 Å². The second kappa shape index (κ2) is 3.70. The average molecular weight is 219 g/mol. The lowest BCUT2D eigenvalue weighted by molar-refractivity contribution is 0.362. The summed E-state index contributed by atoms with van der Waals surface area (Å²) in [6, 6.07) is 5.14. The van der Waals surface area contributed by atoms with Crippen LogP contribution in [0.25, 0.3) is 0 Å². The number of nitrogens with one attached hydrogen (secondary N) is 1. The lowest BCUT2D eigenvalue weighted by Gasteiger charge is -2.29. The van der Waals surface area contributed by atoms with E-state index in [4.69, 9.17) is 5.73 Å². The molecule has 0 aromatic heterocycles. The van der Waals surface area contributed by atoms with Gasteiger partial charge in [0.15, 0.2) is 0 Å². The predicted molar refractivity (Wildman–Crippen MR) is 65.7 cm³/mol. The van der Waals surface area contributed by atoms with Crippen LogP contribution >= 0.6 is 0 Å². The third-order valence-electron chi connectivity index (χ3n) is 2.70. The number of benzene rings is 1. The van der Waals surface area contributed by atoms with E-state index in [1.165, 1.54) is 0 Å². The van der Waals surface area contributed by atoms with Gasteiger partial charge >= 0.3 is 0 Å². The van der Waals surface area contributed by atoms with Gasteiger partial charge in [0.25, 0.3) is 0 Å². The SMILES string of the molecule is CC1(C)CN=C(c2ccc(O)c(N)c2)NC1. The zero-order valence-corrected chi connectivity index (χ0v) is 9.62. The topological polar surface area (TPSA) is 70.6 Å². The molecule has 0 atom stereocenters. The maximum absolute atomic E-state index is 9.34. The van der Waals surface area contributed by atoms with Gasteiger partial charge in [-0.15, -0.1) is 0 Å². The third kappa shape index (κ3) is 2.10. The molecule has 4 heteroatoms. The standard InChI is InChI=1S/C12H17N3O/c1-12(2)6-14-11(15-7-12)8-3-4-10(16)9(13)5-8/h3-5,16H,6-7,13H2,1-2H3,(H,14,15). The molecule has 1 aromatic rings. The summed E-state index contributed by atoms with van der Waals surface area (Å²) in [5.41, 5.74) is 7.15. The Kier molecular flexibility index (Phi) is 2.50. The summed E-state index contributed by atoms with van der Waals surface area (Å²) in [4.78, 5) is 4.49. The highest BCUT2D eigenvalue weighted by Crippen LogP contribution is 2.23. The van der Waals surface area contributed by atoms with Gasteiger partial charge in [0.05, 0.1) is 5.69 Å². The van der Waals surface area contributed by atoms with Crippen LogP contribution in [0.1, 0.15) is 19.4 Å². The van der Waals surface area contributed by atoms with Crippen molar-refractivity contribution >= 4 is 11.5 Å². The van der Waals surface area contributed by atoms with Crippen LogP contribution in [0.4, 0.5) is 5.69 Å². The largest absolute Gasteiger partial charge is 0.506 e. The molecule has 0 aliphatic carbocycles. The van der Waals surface area contributed by atoms with E-state index in [2.05, 4.69) is 24.2 Å². The second-order valence-electron chi connectivity index (χ2n) is 4.96. The van der Waals surface area contributed by atoms with Crippen LogP contribution in [0, 0.1) is 5.41 Å². The quantitative estimate of drug-likeness (QED) is 0.493. The van der Waals surface area contributed by atoms with Gasteiger partial charge in [-0.05, 0) is 18.2 Å². The van der Waals surface area contributed by atoms with Crippen LogP contribution in [-0.4, -0.2) is 24.0 Å². The van der Waals surface area contributed by atoms with Crippen molar-refractivity contribution in [3.8, 4) is 5.75 Å². The van der Waals surface area contributed by atoms with E-state index in [9.17, 15) is 5.11 Å². The second-order valence-corrected chi connectivity index (χ2v) is 4.96. The molecule has 4 N–H and O–H groups in total. The lowest BCUT2D eigenvalue weighted by atomic mass is 9.92. The molecular formula is C12H17N3O. The summed E-state index contributed by atoms with van der Waals surface area (Å²) >= 11 is 0. The number of rotatable bonds is 1. The maximum Gasteiger partial charge on any atom is 0.138 e. The fourth-order valence-corrected chi connectivity index (χ4v) is 1.62. The summed E-state index contributed by atoms with van der Waals surface area (Å²) in [7, 11) is 0. The molecule has 4 nitrogen and oxygen atoms in total. The molecule has 1 aliphatic heterocycles. The van der Waals surface area contributed by atoms with E-state index in [1.54, 1.807) is 12.1 Å². The monoisotopic (exact) mass is 219 g/mol. The smallest absolute Gasteiger partial charge is 0.138 e. The summed E-state index contributed by atoms with van der Waals surface area (Å²) < 4.78 is 0. The van der Waals surface area contributed by atoms with E-state index in [-0.39, 0.29) is 11.2 Å². The number of nitrogens with two attached hydrogens (primary N) is 1. The van der Waals surface area contributed by atoms with E-state index in [1.807, 2.05) is 6.07 Å². The minimum atomic E-state index is 0.112. The minimum Gasteiger partial charge on any atom is -0.506 e. The number of anilines is 1. The number of phenols is 1. The third-order valence-corrected chi connectivity index (χ3v) is 2.70. The van der Waals surface area contributed by atoms with Crippen molar-refractivity contribution in [1.82, 2.24) is 5.32 Å². The Balaban J connectivity index is 2.26. The van der Waals surface area contributed by atoms with Crippen molar-refractivity contribution in [3.63, 3.8) is 0 Å². The van der Waals surface area contributed by atoms with Crippen molar-refractivity contribution in [3.05, 3.63) is 23.8 Å². The first-order chi connectivity index (χ1) is 7.48. The first-order valence-corrected chi connectivity index (χ1v) is 5.35. The van der Waals surface area contributed by atoms with Gasteiger partial charge in [-0.2, -0.15) is 0 Å². The average Bonchev–Trinajstić information content (AvgIpc) is 2.22. The number of nitrogens with zero attached hydrogens (tertiary/aromatic N) is 1. The number of amidine groups is 1. The van der Waals surface area contributed by atoms with E-state index < -0.39 is 0 Å². The van der Waals surface area contributed by atoms with E-state index in [0.29, 0.717) is 5.69 Å². The molecule has 16 heavy (non-hydrogen) atoms. The van der Waals surface area contributed by atoms with Gasteiger partial charge in [0.1, 0.15) is 11.6 Å². The van der Waals surface area contributed by atoms with Crippen LogP contribution in [0.5, 0.6) is 5.75 Å². The highest BCUT2D eigenvalue weighted by atomic mass is 16.3. The van der Waals surface area contributed by atoms with Gasteiger partial charge in [-0.1, -0.05) is 13.8 Å². The fraction of sp³-hybridized carbons (Fsp3) is 0.417. The highest BCUT2D eigenvalue weighted by Gasteiger charge is 2.22. The van der Waals surface area contributed by atoms with Gasteiger partial charge in [0.2, 0.25) is 0 Å². The summed E-state index contributed by atoms with van der Waals surface area (Å²) in [5.74, 6) is 0.964. The van der Waals surface area contributed by atoms with Crippen molar-refractivity contribution in [2.45, 2.75) is 13.8 Å². The van der Waals surface area contributed by atoms with E-state index >= 15 is 0 Å². The van der Waals surface area contributed by atoms with Crippen LogP contribution in [0.3, 0.4) is 0 Å². The molecule has 0 amide bonds.